The molecule has 24 heavy (non-hydrogen) atoms. The molecule has 3 aromatic rings. The van der Waals surface area contributed by atoms with E-state index in [4.69, 9.17) is 0 Å². The Hall–Kier alpha value is -2.47. The lowest BCUT2D eigenvalue weighted by Gasteiger charge is -2.15. The highest BCUT2D eigenvalue weighted by Gasteiger charge is 2.12. The van der Waals surface area contributed by atoms with E-state index in [-0.39, 0.29) is 24.1 Å². The van der Waals surface area contributed by atoms with Crippen molar-refractivity contribution in [2.45, 2.75) is 19.5 Å². The molecule has 0 saturated carbocycles. The molecule has 1 aromatic heterocycles. The van der Waals surface area contributed by atoms with Gasteiger partial charge in [0.1, 0.15) is 6.54 Å². The van der Waals surface area contributed by atoms with Gasteiger partial charge in [0.05, 0.1) is 17.6 Å². The van der Waals surface area contributed by atoms with Crippen LogP contribution in [0, 0.1) is 0 Å². The minimum atomic E-state index is -0.265. The molecule has 0 fully saturated rings. The lowest BCUT2D eigenvalue weighted by Crippen LogP contribution is -2.34. The second-order valence-corrected chi connectivity index (χ2v) is 6.45. The molecule has 5 nitrogen and oxygen atoms in total. The SMILES string of the molecule is CC(NC(=O)Cn1ncc2ccccc2c1=O)c1cccc(Br)c1. The van der Waals surface area contributed by atoms with Crippen molar-refractivity contribution >= 4 is 32.6 Å². The van der Waals surface area contributed by atoms with Gasteiger partial charge in [-0.1, -0.05) is 46.3 Å². The molecule has 0 aliphatic rings. The molecule has 1 amide bonds. The zero-order valence-corrected chi connectivity index (χ0v) is 14.7. The lowest BCUT2D eigenvalue weighted by molar-refractivity contribution is -0.122. The molecule has 1 atom stereocenters. The largest absolute Gasteiger partial charge is 0.348 e. The van der Waals surface area contributed by atoms with E-state index in [1.807, 2.05) is 43.3 Å². The number of halogens is 1. The third-order valence-corrected chi connectivity index (χ3v) is 4.27. The van der Waals surface area contributed by atoms with Gasteiger partial charge in [0.25, 0.3) is 5.56 Å². The number of rotatable bonds is 4. The van der Waals surface area contributed by atoms with E-state index in [1.54, 1.807) is 18.3 Å². The van der Waals surface area contributed by atoms with Gasteiger partial charge in [-0.15, -0.1) is 0 Å². The highest BCUT2D eigenvalue weighted by molar-refractivity contribution is 9.10. The summed E-state index contributed by atoms with van der Waals surface area (Å²) < 4.78 is 2.14. The molecule has 0 bridgehead atoms. The minimum Gasteiger partial charge on any atom is -0.348 e. The number of carbonyl (C=O) groups is 1. The second-order valence-electron chi connectivity index (χ2n) is 5.54. The van der Waals surface area contributed by atoms with Gasteiger partial charge in [-0.3, -0.25) is 9.59 Å². The van der Waals surface area contributed by atoms with Crippen molar-refractivity contribution in [3.63, 3.8) is 0 Å². The van der Waals surface area contributed by atoms with Gasteiger partial charge < -0.3 is 5.32 Å². The Labute approximate surface area is 147 Å². The summed E-state index contributed by atoms with van der Waals surface area (Å²) in [6.07, 6.45) is 1.60. The number of hydrogen-bond donors (Lipinski definition) is 1. The molecule has 122 valence electrons. The van der Waals surface area contributed by atoms with E-state index in [9.17, 15) is 9.59 Å². The molecule has 0 aliphatic heterocycles. The van der Waals surface area contributed by atoms with Crippen LogP contribution >= 0.6 is 15.9 Å². The Balaban J connectivity index is 1.75. The van der Waals surface area contributed by atoms with Crippen molar-refractivity contribution in [2.75, 3.05) is 0 Å². The van der Waals surface area contributed by atoms with E-state index >= 15 is 0 Å². The standard InChI is InChI=1S/C18H16BrN3O2/c1-12(13-6-4-7-15(19)9-13)21-17(23)11-22-18(24)16-8-3-2-5-14(16)10-20-22/h2-10,12H,11H2,1H3,(H,21,23). The first-order valence-corrected chi connectivity index (χ1v) is 8.33. The fraction of sp³-hybridized carbons (Fsp3) is 0.167. The van der Waals surface area contributed by atoms with E-state index in [0.29, 0.717) is 5.39 Å². The van der Waals surface area contributed by atoms with E-state index in [1.165, 1.54) is 4.68 Å². The number of fused-ring (bicyclic) bond motifs is 1. The van der Waals surface area contributed by atoms with Gasteiger partial charge in [-0.2, -0.15) is 5.10 Å². The third-order valence-electron chi connectivity index (χ3n) is 3.78. The molecule has 0 radical (unpaired) electrons. The maximum atomic E-state index is 12.4. The average molecular weight is 386 g/mol. The van der Waals surface area contributed by atoms with Crippen LogP contribution in [0.15, 0.2) is 64.0 Å². The number of amides is 1. The summed E-state index contributed by atoms with van der Waals surface area (Å²) in [5, 5.41) is 8.29. The molecular weight excluding hydrogens is 370 g/mol. The summed E-state index contributed by atoms with van der Waals surface area (Å²) in [4.78, 5) is 24.6. The first kappa shape index (κ1) is 16.4. The summed E-state index contributed by atoms with van der Waals surface area (Å²) in [6, 6.07) is 14.8. The number of carbonyl (C=O) groups excluding carboxylic acids is 1. The van der Waals surface area contributed by atoms with Gasteiger partial charge >= 0.3 is 0 Å². The Morgan fingerprint density at radius 3 is 2.83 bits per heavy atom. The van der Waals surface area contributed by atoms with Gasteiger partial charge in [-0.05, 0) is 30.7 Å². The Kier molecular flexibility index (Phi) is 4.76. The van der Waals surface area contributed by atoms with Gasteiger partial charge in [0.15, 0.2) is 0 Å². The predicted octanol–water partition coefficient (Wildman–Crippen LogP) is 3.04. The lowest BCUT2D eigenvalue weighted by atomic mass is 10.1. The van der Waals surface area contributed by atoms with Crippen molar-refractivity contribution in [1.29, 1.82) is 0 Å². The summed E-state index contributed by atoms with van der Waals surface area (Å²) in [5.74, 6) is -0.257. The Bertz CT molecular complexity index is 952. The maximum absolute atomic E-state index is 12.4. The van der Waals surface area contributed by atoms with Crippen LogP contribution < -0.4 is 10.9 Å². The van der Waals surface area contributed by atoms with Gasteiger partial charge in [0, 0.05) is 9.86 Å². The van der Waals surface area contributed by atoms with Crippen LogP contribution in [0.3, 0.4) is 0 Å². The smallest absolute Gasteiger partial charge is 0.275 e. The average Bonchev–Trinajstić information content (AvgIpc) is 2.57. The molecule has 2 aromatic carbocycles. The molecule has 1 N–H and O–H groups in total. The van der Waals surface area contributed by atoms with Crippen molar-refractivity contribution in [3.8, 4) is 0 Å². The molecular formula is C18H16BrN3O2. The molecule has 1 unspecified atom stereocenters. The van der Waals surface area contributed by atoms with E-state index in [0.717, 1.165) is 15.4 Å². The fourth-order valence-electron chi connectivity index (χ4n) is 2.52. The predicted molar refractivity (Wildman–Crippen MR) is 96.7 cm³/mol. The molecule has 0 spiro atoms. The van der Waals surface area contributed by atoms with Gasteiger partial charge in [0.2, 0.25) is 5.91 Å². The van der Waals surface area contributed by atoms with Crippen LogP contribution in [0.2, 0.25) is 0 Å². The first-order chi connectivity index (χ1) is 11.5. The molecule has 3 rings (SSSR count). The normalized spacial score (nSPS) is 12.1. The first-order valence-electron chi connectivity index (χ1n) is 7.54. The monoisotopic (exact) mass is 385 g/mol. The van der Waals surface area contributed by atoms with Crippen molar-refractivity contribution in [1.82, 2.24) is 15.1 Å². The minimum absolute atomic E-state index is 0.109. The van der Waals surface area contributed by atoms with Crippen molar-refractivity contribution < 1.29 is 4.79 Å². The van der Waals surface area contributed by atoms with E-state index < -0.39 is 0 Å². The fourth-order valence-corrected chi connectivity index (χ4v) is 2.94. The van der Waals surface area contributed by atoms with Crippen LogP contribution in [0.25, 0.3) is 10.8 Å². The molecule has 0 aliphatic carbocycles. The molecule has 6 heteroatoms. The number of nitrogens with zero attached hydrogens (tertiary/aromatic N) is 2. The van der Waals surface area contributed by atoms with Crippen molar-refractivity contribution in [3.05, 3.63) is 75.1 Å². The Morgan fingerprint density at radius 2 is 2.04 bits per heavy atom. The zero-order chi connectivity index (χ0) is 17.1. The number of benzene rings is 2. The zero-order valence-electron chi connectivity index (χ0n) is 13.1. The second kappa shape index (κ2) is 6.97. The highest BCUT2D eigenvalue weighted by atomic mass is 79.9. The quantitative estimate of drug-likeness (QED) is 0.750. The summed E-state index contributed by atoms with van der Waals surface area (Å²) >= 11 is 3.41. The molecule has 1 heterocycles. The number of nitrogens with one attached hydrogen (secondary N) is 1. The third kappa shape index (κ3) is 3.54. The topological polar surface area (TPSA) is 64.0 Å². The number of hydrogen-bond acceptors (Lipinski definition) is 3. The van der Waals surface area contributed by atoms with Crippen LogP contribution in [-0.4, -0.2) is 15.7 Å². The summed E-state index contributed by atoms with van der Waals surface area (Å²) in [5.41, 5.74) is 0.718. The van der Waals surface area contributed by atoms with Crippen molar-refractivity contribution in [2.24, 2.45) is 0 Å². The van der Waals surface area contributed by atoms with Crippen LogP contribution in [0.4, 0.5) is 0 Å². The summed E-state index contributed by atoms with van der Waals surface area (Å²) in [7, 11) is 0. The highest BCUT2D eigenvalue weighted by Crippen LogP contribution is 2.17. The molecule has 0 saturated heterocycles. The summed E-state index contributed by atoms with van der Waals surface area (Å²) in [6.45, 7) is 1.79. The van der Waals surface area contributed by atoms with E-state index in [2.05, 4.69) is 26.3 Å². The maximum Gasteiger partial charge on any atom is 0.275 e. The number of aromatic nitrogens is 2. The Morgan fingerprint density at radius 1 is 1.25 bits per heavy atom. The van der Waals surface area contributed by atoms with Crippen LogP contribution in [-0.2, 0) is 11.3 Å². The van der Waals surface area contributed by atoms with Crippen LogP contribution in [0.5, 0.6) is 0 Å². The van der Waals surface area contributed by atoms with Crippen LogP contribution in [0.1, 0.15) is 18.5 Å². The van der Waals surface area contributed by atoms with Gasteiger partial charge in [-0.25, -0.2) is 4.68 Å².